The monoisotopic (exact) mass is 253 g/mol. The highest BCUT2D eigenvalue weighted by molar-refractivity contribution is 5.74. The number of benzene rings is 1. The van der Waals surface area contributed by atoms with Crippen LogP contribution in [0.4, 0.5) is 5.69 Å². The Balaban J connectivity index is 2.41. The molecule has 0 amide bonds. The molecule has 1 unspecified atom stereocenters. The van der Waals surface area contributed by atoms with Crippen LogP contribution < -0.4 is 0 Å². The number of nitro groups is 1. The van der Waals surface area contributed by atoms with Crippen molar-refractivity contribution in [2.75, 3.05) is 0 Å². The zero-order valence-electron chi connectivity index (χ0n) is 9.48. The molecule has 7 nitrogen and oxygen atoms in total. The number of carboxylic acids is 1. The average Bonchev–Trinajstić information content (AvgIpc) is 2.71. The van der Waals surface area contributed by atoms with Gasteiger partial charge in [0.2, 0.25) is 0 Å². The van der Waals surface area contributed by atoms with Crippen molar-refractivity contribution in [3.63, 3.8) is 0 Å². The molecule has 1 heterocycles. The molecule has 0 saturated carbocycles. The van der Waals surface area contributed by atoms with Crippen molar-refractivity contribution < 1.29 is 24.3 Å². The number of carbonyl (C=O) groups is 1. The predicted octanol–water partition coefficient (Wildman–Crippen LogP) is 1.48. The van der Waals surface area contributed by atoms with Gasteiger partial charge in [-0.1, -0.05) is 12.1 Å². The van der Waals surface area contributed by atoms with E-state index in [1.54, 1.807) is 13.0 Å². The lowest BCUT2D eigenvalue weighted by Gasteiger charge is -2.13. The molecule has 0 aromatic heterocycles. The minimum absolute atomic E-state index is 0.175. The largest absolute Gasteiger partial charge is 0.479 e. The fraction of sp³-hybridized carbons (Fsp3) is 0.364. The van der Waals surface area contributed by atoms with Gasteiger partial charge in [0.1, 0.15) is 6.10 Å². The number of rotatable bonds is 3. The maximum absolute atomic E-state index is 11.0. The topological polar surface area (TPSA) is 98.9 Å². The molecule has 0 bridgehead atoms. The molecule has 96 valence electrons. The molecule has 1 aromatic carbocycles. The van der Waals surface area contributed by atoms with Gasteiger partial charge in [0.25, 0.3) is 5.69 Å². The van der Waals surface area contributed by atoms with Crippen LogP contribution in [0, 0.1) is 10.1 Å². The number of carboxylic acid groups (broad SMARTS) is 1. The maximum atomic E-state index is 11.0. The molecule has 7 heteroatoms. The van der Waals surface area contributed by atoms with E-state index in [-0.39, 0.29) is 11.3 Å². The zero-order chi connectivity index (χ0) is 13.3. The van der Waals surface area contributed by atoms with E-state index in [1.165, 1.54) is 18.2 Å². The lowest BCUT2D eigenvalue weighted by molar-refractivity contribution is -0.386. The smallest absolute Gasteiger partial charge is 0.336 e. The lowest BCUT2D eigenvalue weighted by atomic mass is 10.0. The van der Waals surface area contributed by atoms with Crippen molar-refractivity contribution >= 4 is 11.7 Å². The summed E-state index contributed by atoms with van der Waals surface area (Å²) in [6, 6.07) is 5.88. The highest BCUT2D eigenvalue weighted by atomic mass is 16.7. The summed E-state index contributed by atoms with van der Waals surface area (Å²) >= 11 is 0. The quantitative estimate of drug-likeness (QED) is 0.647. The van der Waals surface area contributed by atoms with Crippen molar-refractivity contribution in [1.29, 1.82) is 0 Å². The zero-order valence-corrected chi connectivity index (χ0v) is 9.48. The fourth-order valence-electron chi connectivity index (χ4n) is 1.91. The Labute approximate surface area is 102 Å². The molecule has 1 aliphatic heterocycles. The number of nitro benzene ring substituents is 1. The van der Waals surface area contributed by atoms with E-state index >= 15 is 0 Å². The summed E-state index contributed by atoms with van der Waals surface area (Å²) in [7, 11) is 0. The summed E-state index contributed by atoms with van der Waals surface area (Å²) in [5.74, 6) is -1.21. The minimum Gasteiger partial charge on any atom is -0.479 e. The van der Waals surface area contributed by atoms with Crippen LogP contribution in [0.15, 0.2) is 24.3 Å². The highest BCUT2D eigenvalue weighted by Gasteiger charge is 2.42. The van der Waals surface area contributed by atoms with Gasteiger partial charge in [-0.25, -0.2) is 4.79 Å². The van der Waals surface area contributed by atoms with Crippen LogP contribution in [-0.4, -0.2) is 28.4 Å². The molecular weight excluding hydrogens is 242 g/mol. The number of nitrogens with zero attached hydrogens (tertiary/aromatic N) is 1. The van der Waals surface area contributed by atoms with Crippen LogP contribution in [0.25, 0.3) is 0 Å². The molecular formula is C11H11NO6. The summed E-state index contributed by atoms with van der Waals surface area (Å²) in [6.07, 6.45) is -2.92. The first-order valence-electron chi connectivity index (χ1n) is 5.27. The van der Waals surface area contributed by atoms with Gasteiger partial charge < -0.3 is 14.6 Å². The first-order valence-corrected chi connectivity index (χ1v) is 5.27. The van der Waals surface area contributed by atoms with Gasteiger partial charge >= 0.3 is 5.97 Å². The van der Waals surface area contributed by atoms with Crippen LogP contribution in [-0.2, 0) is 14.3 Å². The molecule has 1 saturated heterocycles. The van der Waals surface area contributed by atoms with Gasteiger partial charge in [-0.3, -0.25) is 10.1 Å². The predicted molar refractivity (Wildman–Crippen MR) is 58.9 cm³/mol. The summed E-state index contributed by atoms with van der Waals surface area (Å²) in [5, 5.41) is 19.9. The van der Waals surface area contributed by atoms with E-state index in [1.807, 2.05) is 0 Å². The summed E-state index contributed by atoms with van der Waals surface area (Å²) in [5.41, 5.74) is 0.0331. The Morgan fingerprint density at radius 2 is 2.06 bits per heavy atom. The Kier molecular flexibility index (Phi) is 3.26. The highest BCUT2D eigenvalue weighted by Crippen LogP contribution is 2.36. The number of para-hydroxylation sites is 1. The minimum atomic E-state index is -1.24. The van der Waals surface area contributed by atoms with E-state index in [4.69, 9.17) is 14.6 Å². The lowest BCUT2D eigenvalue weighted by Crippen LogP contribution is -2.26. The van der Waals surface area contributed by atoms with Crippen molar-refractivity contribution in [2.45, 2.75) is 25.4 Å². The first-order chi connectivity index (χ1) is 8.50. The third-order valence-corrected chi connectivity index (χ3v) is 2.63. The number of hydrogen-bond donors (Lipinski definition) is 1. The fourth-order valence-corrected chi connectivity index (χ4v) is 1.91. The van der Waals surface area contributed by atoms with Gasteiger partial charge in [-0.05, 0) is 13.0 Å². The van der Waals surface area contributed by atoms with Crippen LogP contribution in [0.2, 0.25) is 0 Å². The molecule has 18 heavy (non-hydrogen) atoms. The third kappa shape index (κ3) is 2.18. The summed E-state index contributed by atoms with van der Waals surface area (Å²) < 4.78 is 10.4. The van der Waals surface area contributed by atoms with E-state index in [0.29, 0.717) is 0 Å². The van der Waals surface area contributed by atoms with Gasteiger partial charge in [0, 0.05) is 6.07 Å². The van der Waals surface area contributed by atoms with Crippen molar-refractivity contribution in [3.05, 3.63) is 39.9 Å². The molecule has 2 rings (SSSR count). The van der Waals surface area contributed by atoms with Gasteiger partial charge in [-0.2, -0.15) is 0 Å². The van der Waals surface area contributed by atoms with Crippen LogP contribution in [0.3, 0.4) is 0 Å². The standard InChI is InChI=1S/C11H11NO6/c1-6-17-9(10(18-6)11(13)14)7-4-2-3-5-8(7)12(15)16/h2-6,9-10H,1H3,(H,13,14)/t6?,9-,10+/m1/s1. The summed E-state index contributed by atoms with van der Waals surface area (Å²) in [4.78, 5) is 21.4. The van der Waals surface area contributed by atoms with Crippen molar-refractivity contribution in [3.8, 4) is 0 Å². The molecule has 3 atom stereocenters. The van der Waals surface area contributed by atoms with Gasteiger partial charge in [0.05, 0.1) is 10.5 Å². The van der Waals surface area contributed by atoms with E-state index in [0.717, 1.165) is 0 Å². The summed E-state index contributed by atoms with van der Waals surface area (Å²) in [6.45, 7) is 1.55. The molecule has 1 aliphatic rings. The number of hydrogen-bond acceptors (Lipinski definition) is 5. The number of aliphatic carboxylic acids is 1. The van der Waals surface area contributed by atoms with Gasteiger partial charge in [-0.15, -0.1) is 0 Å². The Morgan fingerprint density at radius 3 is 2.67 bits per heavy atom. The molecule has 1 fully saturated rings. The number of ether oxygens (including phenoxy) is 2. The Hall–Kier alpha value is -1.99. The Bertz CT molecular complexity index is 488. The van der Waals surface area contributed by atoms with E-state index in [2.05, 4.69) is 0 Å². The van der Waals surface area contributed by atoms with E-state index in [9.17, 15) is 14.9 Å². The molecule has 1 aromatic rings. The second kappa shape index (κ2) is 4.71. The average molecular weight is 253 g/mol. The van der Waals surface area contributed by atoms with Crippen molar-refractivity contribution in [2.24, 2.45) is 0 Å². The van der Waals surface area contributed by atoms with Crippen LogP contribution >= 0.6 is 0 Å². The normalized spacial score (nSPS) is 27.1. The first kappa shape index (κ1) is 12.5. The van der Waals surface area contributed by atoms with Crippen LogP contribution in [0.5, 0.6) is 0 Å². The molecule has 0 aliphatic carbocycles. The second-order valence-corrected chi connectivity index (χ2v) is 3.84. The molecule has 0 radical (unpaired) electrons. The van der Waals surface area contributed by atoms with Crippen LogP contribution in [0.1, 0.15) is 18.6 Å². The molecule has 1 N–H and O–H groups in total. The SMILES string of the molecule is CC1O[C@H](C(=O)O)[C@@H](c2ccccc2[N+](=O)[O-])O1. The third-order valence-electron chi connectivity index (χ3n) is 2.63. The van der Waals surface area contributed by atoms with Gasteiger partial charge in [0.15, 0.2) is 12.4 Å². The van der Waals surface area contributed by atoms with E-state index < -0.39 is 29.4 Å². The molecule has 0 spiro atoms. The second-order valence-electron chi connectivity index (χ2n) is 3.84. The Morgan fingerprint density at radius 1 is 1.39 bits per heavy atom. The maximum Gasteiger partial charge on any atom is 0.336 e. The van der Waals surface area contributed by atoms with Crippen molar-refractivity contribution in [1.82, 2.24) is 0 Å².